The van der Waals surface area contributed by atoms with Crippen LogP contribution in [-0.4, -0.2) is 29.3 Å². The molecule has 0 aromatic heterocycles. The summed E-state index contributed by atoms with van der Waals surface area (Å²) in [5.74, 6) is -1.62. The monoisotopic (exact) mass is 314 g/mol. The van der Waals surface area contributed by atoms with E-state index in [0.29, 0.717) is 11.3 Å². The number of esters is 2. The van der Waals surface area contributed by atoms with Crippen molar-refractivity contribution in [2.24, 2.45) is 0 Å². The molecule has 0 aliphatic rings. The summed E-state index contributed by atoms with van der Waals surface area (Å²) in [6.45, 7) is 0. The predicted octanol–water partition coefficient (Wildman–Crippen LogP) is 2.50. The fourth-order valence-corrected chi connectivity index (χ4v) is 1.72. The first-order chi connectivity index (χ1) is 11.0. The third-order valence-corrected chi connectivity index (χ3v) is 2.93. The second kappa shape index (κ2) is 7.13. The molecule has 0 aliphatic carbocycles. The molecule has 6 heteroatoms. The number of ether oxygens (including phenoxy) is 2. The summed E-state index contributed by atoms with van der Waals surface area (Å²) >= 11 is 0. The molecular formula is C17H14O6. The van der Waals surface area contributed by atoms with Crippen LogP contribution in [0.25, 0.3) is 6.08 Å². The number of phenols is 2. The fraction of sp³-hybridized carbons (Fsp3) is 0.0588. The molecule has 0 heterocycles. The molecule has 0 spiro atoms. The van der Waals surface area contributed by atoms with E-state index in [1.807, 2.05) is 0 Å². The van der Waals surface area contributed by atoms with E-state index >= 15 is 0 Å². The van der Waals surface area contributed by atoms with Crippen LogP contribution in [0.5, 0.6) is 17.2 Å². The summed E-state index contributed by atoms with van der Waals surface area (Å²) in [5.41, 5.74) is 0.684. The molecule has 2 aromatic rings. The number of hydrogen-bond acceptors (Lipinski definition) is 6. The van der Waals surface area contributed by atoms with Crippen LogP contribution in [0.2, 0.25) is 0 Å². The molecule has 0 bridgehead atoms. The molecule has 0 aliphatic heterocycles. The SMILES string of the molecule is COc1ccc(C(=O)OC(=O)/C=C/c2ccc(O)c(O)c2)cc1. The van der Waals surface area contributed by atoms with Gasteiger partial charge in [0, 0.05) is 6.08 Å². The first kappa shape index (κ1) is 16.1. The quantitative estimate of drug-likeness (QED) is 0.390. The van der Waals surface area contributed by atoms with E-state index in [4.69, 9.17) is 4.74 Å². The van der Waals surface area contributed by atoms with Gasteiger partial charge in [0.05, 0.1) is 12.7 Å². The van der Waals surface area contributed by atoms with Crippen molar-refractivity contribution in [2.45, 2.75) is 0 Å². The highest BCUT2D eigenvalue weighted by atomic mass is 16.6. The van der Waals surface area contributed by atoms with E-state index < -0.39 is 11.9 Å². The van der Waals surface area contributed by atoms with Crippen molar-refractivity contribution in [1.29, 1.82) is 0 Å². The minimum absolute atomic E-state index is 0.217. The first-order valence-corrected chi connectivity index (χ1v) is 6.60. The Kier molecular flexibility index (Phi) is 4.99. The van der Waals surface area contributed by atoms with Crippen molar-refractivity contribution in [1.82, 2.24) is 0 Å². The van der Waals surface area contributed by atoms with Crippen LogP contribution >= 0.6 is 0 Å². The van der Waals surface area contributed by atoms with E-state index in [1.54, 1.807) is 12.1 Å². The lowest BCUT2D eigenvalue weighted by Gasteiger charge is -2.02. The largest absolute Gasteiger partial charge is 0.504 e. The third kappa shape index (κ3) is 4.34. The molecule has 2 aromatic carbocycles. The van der Waals surface area contributed by atoms with Gasteiger partial charge in [-0.25, -0.2) is 9.59 Å². The van der Waals surface area contributed by atoms with Crippen LogP contribution in [0, 0.1) is 0 Å². The Morgan fingerprint density at radius 2 is 1.70 bits per heavy atom. The molecule has 0 fully saturated rings. The van der Waals surface area contributed by atoms with Gasteiger partial charge in [-0.3, -0.25) is 0 Å². The summed E-state index contributed by atoms with van der Waals surface area (Å²) in [6.07, 6.45) is 2.40. The smallest absolute Gasteiger partial charge is 0.346 e. The Morgan fingerprint density at radius 1 is 1.00 bits per heavy atom. The zero-order valence-corrected chi connectivity index (χ0v) is 12.2. The zero-order valence-electron chi connectivity index (χ0n) is 12.2. The number of hydrogen-bond donors (Lipinski definition) is 2. The summed E-state index contributed by atoms with van der Waals surface area (Å²) < 4.78 is 9.64. The summed E-state index contributed by atoms with van der Waals surface area (Å²) in [6, 6.07) is 10.2. The maximum Gasteiger partial charge on any atom is 0.346 e. The van der Waals surface area contributed by atoms with Gasteiger partial charge in [0.1, 0.15) is 5.75 Å². The molecule has 23 heavy (non-hydrogen) atoms. The van der Waals surface area contributed by atoms with Crippen LogP contribution in [0.3, 0.4) is 0 Å². The van der Waals surface area contributed by atoms with Crippen LogP contribution in [-0.2, 0) is 9.53 Å². The Balaban J connectivity index is 1.98. The van der Waals surface area contributed by atoms with Crippen molar-refractivity contribution in [3.05, 3.63) is 59.7 Å². The topological polar surface area (TPSA) is 93.1 Å². The maximum atomic E-state index is 11.8. The number of aromatic hydroxyl groups is 2. The number of phenolic OH excluding ortho intramolecular Hbond substituents is 2. The molecule has 0 radical (unpaired) electrons. The van der Waals surface area contributed by atoms with Gasteiger partial charge in [-0.1, -0.05) is 6.07 Å². The maximum absolute atomic E-state index is 11.8. The summed E-state index contributed by atoms with van der Waals surface area (Å²) in [5, 5.41) is 18.5. The fourth-order valence-electron chi connectivity index (χ4n) is 1.72. The Morgan fingerprint density at radius 3 is 2.30 bits per heavy atom. The van der Waals surface area contributed by atoms with Crippen molar-refractivity contribution < 1.29 is 29.3 Å². The second-order valence-corrected chi connectivity index (χ2v) is 4.52. The third-order valence-electron chi connectivity index (χ3n) is 2.93. The molecule has 0 unspecified atom stereocenters. The van der Waals surface area contributed by atoms with Gasteiger partial charge in [0.25, 0.3) is 0 Å². The second-order valence-electron chi connectivity index (χ2n) is 4.52. The lowest BCUT2D eigenvalue weighted by Crippen LogP contribution is -2.10. The highest BCUT2D eigenvalue weighted by molar-refractivity contribution is 6.01. The Bertz CT molecular complexity index is 746. The number of carbonyl (C=O) groups is 2. The van der Waals surface area contributed by atoms with Gasteiger partial charge in [-0.05, 0) is 48.0 Å². The first-order valence-electron chi connectivity index (χ1n) is 6.60. The molecule has 2 N–H and O–H groups in total. The van der Waals surface area contributed by atoms with E-state index in [0.717, 1.165) is 6.08 Å². The summed E-state index contributed by atoms with van der Waals surface area (Å²) in [7, 11) is 1.50. The Labute approximate surface area is 132 Å². The minimum Gasteiger partial charge on any atom is -0.504 e. The van der Waals surface area contributed by atoms with Gasteiger partial charge >= 0.3 is 11.9 Å². The lowest BCUT2D eigenvalue weighted by molar-refractivity contribution is -0.132. The zero-order chi connectivity index (χ0) is 16.8. The molecule has 0 amide bonds. The Hall–Kier alpha value is -3.28. The molecule has 0 saturated carbocycles. The standard InChI is InChI=1S/C17H14O6/c1-22-13-6-4-12(5-7-13)17(21)23-16(20)9-3-11-2-8-14(18)15(19)10-11/h2-10,18-19H,1H3/b9-3+. The molecule has 0 atom stereocenters. The van der Waals surface area contributed by atoms with Gasteiger partial charge < -0.3 is 19.7 Å². The molecule has 0 saturated heterocycles. The average molecular weight is 314 g/mol. The van der Waals surface area contributed by atoms with Crippen molar-refractivity contribution in [2.75, 3.05) is 7.11 Å². The minimum atomic E-state index is -0.849. The average Bonchev–Trinajstić information content (AvgIpc) is 2.56. The lowest BCUT2D eigenvalue weighted by atomic mass is 10.2. The van der Waals surface area contributed by atoms with Gasteiger partial charge in [-0.15, -0.1) is 0 Å². The molecule has 6 nitrogen and oxygen atoms in total. The van der Waals surface area contributed by atoms with Crippen molar-refractivity contribution >= 4 is 18.0 Å². The van der Waals surface area contributed by atoms with Crippen LogP contribution in [0.15, 0.2) is 48.5 Å². The number of rotatable bonds is 4. The van der Waals surface area contributed by atoms with Gasteiger partial charge in [0.15, 0.2) is 11.5 Å². The molecule has 118 valence electrons. The normalized spacial score (nSPS) is 10.5. The highest BCUT2D eigenvalue weighted by Gasteiger charge is 2.11. The van der Waals surface area contributed by atoms with E-state index in [-0.39, 0.29) is 17.1 Å². The van der Waals surface area contributed by atoms with E-state index in [1.165, 1.54) is 43.5 Å². The summed E-state index contributed by atoms with van der Waals surface area (Å²) in [4.78, 5) is 23.4. The van der Waals surface area contributed by atoms with Crippen molar-refractivity contribution in [3.63, 3.8) is 0 Å². The van der Waals surface area contributed by atoms with Gasteiger partial charge in [-0.2, -0.15) is 0 Å². The van der Waals surface area contributed by atoms with Crippen LogP contribution < -0.4 is 4.74 Å². The van der Waals surface area contributed by atoms with Crippen LogP contribution in [0.1, 0.15) is 15.9 Å². The number of carbonyl (C=O) groups excluding carboxylic acids is 2. The van der Waals surface area contributed by atoms with E-state index in [2.05, 4.69) is 4.74 Å². The highest BCUT2D eigenvalue weighted by Crippen LogP contribution is 2.25. The predicted molar refractivity (Wildman–Crippen MR) is 82.2 cm³/mol. The van der Waals surface area contributed by atoms with Crippen molar-refractivity contribution in [3.8, 4) is 17.2 Å². The van der Waals surface area contributed by atoms with Gasteiger partial charge in [0.2, 0.25) is 0 Å². The van der Waals surface area contributed by atoms with Crippen LogP contribution in [0.4, 0.5) is 0 Å². The number of benzene rings is 2. The van der Waals surface area contributed by atoms with E-state index in [9.17, 15) is 19.8 Å². The number of methoxy groups -OCH3 is 1. The molecule has 2 rings (SSSR count). The molecular weight excluding hydrogens is 300 g/mol.